The third-order valence-electron chi connectivity index (χ3n) is 3.83. The number of fused-ring (bicyclic) bond motifs is 1. The minimum atomic E-state index is -0.492. The summed E-state index contributed by atoms with van der Waals surface area (Å²) in [7, 11) is 3.10. The van der Waals surface area contributed by atoms with Crippen LogP contribution in [0.25, 0.3) is 10.9 Å². The van der Waals surface area contributed by atoms with Gasteiger partial charge >= 0.3 is 5.97 Å². The van der Waals surface area contributed by atoms with Gasteiger partial charge in [0.2, 0.25) is 0 Å². The zero-order valence-corrected chi connectivity index (χ0v) is 13.7. The maximum atomic E-state index is 13.0. The van der Waals surface area contributed by atoms with Crippen molar-refractivity contribution in [1.82, 2.24) is 9.97 Å². The second-order valence-electron chi connectivity index (χ2n) is 5.57. The molecule has 3 rings (SSSR count). The average molecular weight is 341 g/mol. The fourth-order valence-electron chi connectivity index (χ4n) is 2.52. The monoisotopic (exact) mass is 341 g/mol. The van der Waals surface area contributed by atoms with E-state index in [1.165, 1.54) is 31.4 Å². The predicted molar refractivity (Wildman–Crippen MR) is 92.2 cm³/mol. The number of carbonyl (C=O) groups is 1. The quantitative estimate of drug-likeness (QED) is 0.738. The molecule has 0 fully saturated rings. The fourth-order valence-corrected chi connectivity index (χ4v) is 2.52. The van der Waals surface area contributed by atoms with Crippen molar-refractivity contribution in [2.24, 2.45) is 0 Å². The molecule has 6 nitrogen and oxygen atoms in total. The SMILES string of the molecule is COC(=O)c1ccc2c(=O)[nH]c(CN(C)c3ccc(F)cc3)nc2c1. The van der Waals surface area contributed by atoms with Crippen molar-refractivity contribution in [3.05, 3.63) is 70.0 Å². The maximum absolute atomic E-state index is 13.0. The Bertz CT molecular complexity index is 983. The molecule has 0 bridgehead atoms. The Morgan fingerprint density at radius 3 is 2.64 bits per heavy atom. The second-order valence-corrected chi connectivity index (χ2v) is 5.57. The van der Waals surface area contributed by atoms with E-state index in [9.17, 15) is 14.0 Å². The van der Waals surface area contributed by atoms with Crippen molar-refractivity contribution < 1.29 is 13.9 Å². The molecule has 3 aromatic rings. The smallest absolute Gasteiger partial charge is 0.337 e. The lowest BCUT2D eigenvalue weighted by Gasteiger charge is -2.18. The van der Waals surface area contributed by atoms with Crippen LogP contribution in [0.5, 0.6) is 0 Å². The fraction of sp³-hybridized carbons (Fsp3) is 0.167. The van der Waals surface area contributed by atoms with Gasteiger partial charge in [-0.05, 0) is 42.5 Å². The van der Waals surface area contributed by atoms with Crippen LogP contribution in [0.15, 0.2) is 47.3 Å². The molecule has 0 unspecified atom stereocenters. The highest BCUT2D eigenvalue weighted by Gasteiger charge is 2.11. The Hall–Kier alpha value is -3.22. The zero-order chi connectivity index (χ0) is 18.0. The van der Waals surface area contributed by atoms with Crippen LogP contribution < -0.4 is 10.5 Å². The van der Waals surface area contributed by atoms with Gasteiger partial charge in [-0.2, -0.15) is 0 Å². The van der Waals surface area contributed by atoms with Gasteiger partial charge in [0.1, 0.15) is 11.6 Å². The van der Waals surface area contributed by atoms with Gasteiger partial charge < -0.3 is 14.6 Å². The number of ether oxygens (including phenoxy) is 1. The van der Waals surface area contributed by atoms with Crippen LogP contribution in [0, 0.1) is 5.82 Å². The molecule has 1 aromatic heterocycles. The molecule has 7 heteroatoms. The largest absolute Gasteiger partial charge is 0.465 e. The van der Waals surface area contributed by atoms with E-state index in [0.717, 1.165) is 5.69 Å². The molecule has 128 valence electrons. The first-order valence-corrected chi connectivity index (χ1v) is 7.56. The minimum Gasteiger partial charge on any atom is -0.465 e. The van der Waals surface area contributed by atoms with Gasteiger partial charge in [-0.1, -0.05) is 0 Å². The molecule has 0 radical (unpaired) electrons. The number of rotatable bonds is 4. The molecule has 0 amide bonds. The molecule has 0 atom stereocenters. The van der Waals surface area contributed by atoms with Gasteiger partial charge in [0.05, 0.1) is 30.1 Å². The van der Waals surface area contributed by atoms with E-state index in [1.807, 2.05) is 11.9 Å². The molecule has 25 heavy (non-hydrogen) atoms. The highest BCUT2D eigenvalue weighted by molar-refractivity contribution is 5.93. The number of H-pyrrole nitrogens is 1. The standard InChI is InChI=1S/C18H16FN3O3/c1-22(13-6-4-12(19)5-7-13)10-16-20-15-9-11(18(24)25-2)3-8-14(15)17(23)21-16/h3-9H,10H2,1-2H3,(H,20,21,23). The molecule has 0 saturated heterocycles. The average Bonchev–Trinajstić information content (AvgIpc) is 2.61. The summed E-state index contributed by atoms with van der Waals surface area (Å²) in [5, 5.41) is 0.390. The number of methoxy groups -OCH3 is 1. The summed E-state index contributed by atoms with van der Waals surface area (Å²) in [6.07, 6.45) is 0. The number of aromatic nitrogens is 2. The Morgan fingerprint density at radius 1 is 1.24 bits per heavy atom. The number of hydrogen-bond donors (Lipinski definition) is 1. The highest BCUT2D eigenvalue weighted by atomic mass is 19.1. The van der Waals surface area contributed by atoms with Gasteiger partial charge in [-0.3, -0.25) is 4.79 Å². The summed E-state index contributed by atoms with van der Waals surface area (Å²) in [5.74, 6) is -0.370. The van der Waals surface area contributed by atoms with Crippen LogP contribution in [0.2, 0.25) is 0 Å². The van der Waals surface area contributed by atoms with Crippen molar-refractivity contribution in [3.8, 4) is 0 Å². The van der Waals surface area contributed by atoms with Crippen molar-refractivity contribution in [3.63, 3.8) is 0 Å². The zero-order valence-electron chi connectivity index (χ0n) is 13.7. The van der Waals surface area contributed by atoms with Crippen molar-refractivity contribution in [2.75, 3.05) is 19.1 Å². The normalized spacial score (nSPS) is 10.7. The van der Waals surface area contributed by atoms with Crippen LogP contribution in [-0.2, 0) is 11.3 Å². The molecule has 0 saturated carbocycles. The number of hydrogen-bond acceptors (Lipinski definition) is 5. The van der Waals surface area contributed by atoms with Crippen LogP contribution in [0.1, 0.15) is 16.2 Å². The van der Waals surface area contributed by atoms with Gasteiger partial charge in [-0.15, -0.1) is 0 Å². The third kappa shape index (κ3) is 3.50. The lowest BCUT2D eigenvalue weighted by atomic mass is 10.1. The summed E-state index contributed by atoms with van der Waals surface area (Å²) in [6, 6.07) is 10.6. The number of anilines is 1. The summed E-state index contributed by atoms with van der Waals surface area (Å²) in [6.45, 7) is 0.319. The van der Waals surface area contributed by atoms with Crippen LogP contribution in [-0.4, -0.2) is 30.1 Å². The molecule has 0 aliphatic carbocycles. The highest BCUT2D eigenvalue weighted by Crippen LogP contribution is 2.16. The lowest BCUT2D eigenvalue weighted by Crippen LogP contribution is -2.21. The minimum absolute atomic E-state index is 0.288. The van der Waals surface area contributed by atoms with E-state index < -0.39 is 5.97 Å². The van der Waals surface area contributed by atoms with E-state index in [2.05, 4.69) is 14.7 Å². The Balaban J connectivity index is 1.94. The van der Waals surface area contributed by atoms with E-state index in [0.29, 0.717) is 28.8 Å². The molecule has 0 aliphatic rings. The van der Waals surface area contributed by atoms with E-state index >= 15 is 0 Å². The van der Waals surface area contributed by atoms with Gasteiger partial charge in [0, 0.05) is 12.7 Å². The van der Waals surface area contributed by atoms with Crippen LogP contribution in [0.3, 0.4) is 0 Å². The van der Waals surface area contributed by atoms with E-state index in [1.54, 1.807) is 18.2 Å². The van der Waals surface area contributed by atoms with Crippen molar-refractivity contribution in [1.29, 1.82) is 0 Å². The van der Waals surface area contributed by atoms with E-state index in [-0.39, 0.29) is 11.4 Å². The molecule has 1 heterocycles. The molecule has 0 aliphatic heterocycles. The number of nitrogens with one attached hydrogen (secondary N) is 1. The summed E-state index contributed by atoms with van der Waals surface area (Å²) >= 11 is 0. The molecular formula is C18H16FN3O3. The van der Waals surface area contributed by atoms with E-state index in [4.69, 9.17) is 0 Å². The summed E-state index contributed by atoms with van der Waals surface area (Å²) in [4.78, 5) is 32.8. The third-order valence-corrected chi connectivity index (χ3v) is 3.83. The number of aromatic amines is 1. The lowest BCUT2D eigenvalue weighted by molar-refractivity contribution is 0.0601. The number of nitrogens with zero attached hydrogens (tertiary/aromatic N) is 2. The van der Waals surface area contributed by atoms with Gasteiger partial charge in [-0.25, -0.2) is 14.2 Å². The number of carbonyl (C=O) groups excluding carboxylic acids is 1. The number of benzene rings is 2. The summed E-state index contributed by atoms with van der Waals surface area (Å²) in [5.41, 5.74) is 1.23. The van der Waals surface area contributed by atoms with Gasteiger partial charge in [0.25, 0.3) is 5.56 Å². The Morgan fingerprint density at radius 2 is 1.96 bits per heavy atom. The number of esters is 1. The first-order chi connectivity index (χ1) is 12.0. The second kappa shape index (κ2) is 6.72. The first-order valence-electron chi connectivity index (χ1n) is 7.56. The Kier molecular flexibility index (Phi) is 4.47. The van der Waals surface area contributed by atoms with Crippen molar-refractivity contribution >= 4 is 22.6 Å². The molecular weight excluding hydrogens is 325 g/mol. The van der Waals surface area contributed by atoms with Crippen molar-refractivity contribution in [2.45, 2.75) is 6.54 Å². The molecule has 2 aromatic carbocycles. The number of halogens is 1. The summed E-state index contributed by atoms with van der Waals surface area (Å²) < 4.78 is 17.7. The van der Waals surface area contributed by atoms with Gasteiger partial charge in [0.15, 0.2) is 0 Å². The first kappa shape index (κ1) is 16.6. The van der Waals surface area contributed by atoms with Crippen LogP contribution in [0.4, 0.5) is 10.1 Å². The Labute approximate surface area is 142 Å². The molecule has 0 spiro atoms. The maximum Gasteiger partial charge on any atom is 0.337 e. The predicted octanol–water partition coefficient (Wildman–Crippen LogP) is 2.49. The van der Waals surface area contributed by atoms with Crippen LogP contribution >= 0.6 is 0 Å². The molecule has 1 N–H and O–H groups in total. The topological polar surface area (TPSA) is 75.3 Å².